The summed E-state index contributed by atoms with van der Waals surface area (Å²) in [5.41, 5.74) is 1.98. The molecule has 0 aromatic carbocycles. The van der Waals surface area contributed by atoms with Crippen LogP contribution >= 0.6 is 0 Å². The molecule has 3 rings (SSSR count). The Balaban J connectivity index is 1.95. The molecule has 1 saturated heterocycles. The van der Waals surface area contributed by atoms with Crippen LogP contribution in [0.1, 0.15) is 29.5 Å². The van der Waals surface area contributed by atoms with E-state index in [2.05, 4.69) is 15.6 Å². The summed E-state index contributed by atoms with van der Waals surface area (Å²) < 4.78 is 7.38. The summed E-state index contributed by atoms with van der Waals surface area (Å²) in [6, 6.07) is 3.93. The van der Waals surface area contributed by atoms with Crippen LogP contribution in [-0.2, 0) is 0 Å². The Kier molecular flexibility index (Phi) is 3.79. The number of pyridine rings is 1. The third-order valence-electron chi connectivity index (χ3n) is 3.70. The van der Waals surface area contributed by atoms with Gasteiger partial charge < -0.3 is 15.4 Å². The van der Waals surface area contributed by atoms with Gasteiger partial charge >= 0.3 is 0 Å². The number of hydrogen-bond donors (Lipinski definition) is 2. The molecular weight excluding hydrogens is 268 g/mol. The Labute approximate surface area is 123 Å². The minimum Gasteiger partial charge on any atom is -0.490 e. The molecule has 21 heavy (non-hydrogen) atoms. The number of hydrogen-bond acceptors (Lipinski definition) is 4. The van der Waals surface area contributed by atoms with Crippen molar-refractivity contribution in [1.29, 1.82) is 0 Å². The first-order valence-corrected chi connectivity index (χ1v) is 7.32. The maximum atomic E-state index is 12.5. The molecule has 0 spiro atoms. The molecular formula is C15H20N4O2. The fourth-order valence-electron chi connectivity index (χ4n) is 2.73. The van der Waals surface area contributed by atoms with Crippen LogP contribution in [0, 0.1) is 6.92 Å². The SMILES string of the molecule is CCOc1cccn2c(C(=O)N[C@H]3CCNC3)c(C)nc12. The lowest BCUT2D eigenvalue weighted by molar-refractivity contribution is 0.0933. The van der Waals surface area contributed by atoms with Crippen molar-refractivity contribution in [2.24, 2.45) is 0 Å². The van der Waals surface area contributed by atoms with Crippen molar-refractivity contribution in [1.82, 2.24) is 20.0 Å². The summed E-state index contributed by atoms with van der Waals surface area (Å²) in [5.74, 6) is 0.618. The second-order valence-electron chi connectivity index (χ2n) is 5.21. The number of amides is 1. The lowest BCUT2D eigenvalue weighted by atomic mass is 10.2. The van der Waals surface area contributed by atoms with Gasteiger partial charge in [0.15, 0.2) is 11.4 Å². The van der Waals surface area contributed by atoms with E-state index >= 15 is 0 Å². The predicted octanol–water partition coefficient (Wildman–Crippen LogP) is 1.13. The fraction of sp³-hybridized carbons (Fsp3) is 0.467. The lowest BCUT2D eigenvalue weighted by Crippen LogP contribution is -2.37. The second-order valence-corrected chi connectivity index (χ2v) is 5.21. The van der Waals surface area contributed by atoms with Gasteiger partial charge in [0.25, 0.3) is 5.91 Å². The highest BCUT2D eigenvalue weighted by Gasteiger charge is 2.22. The van der Waals surface area contributed by atoms with Crippen molar-refractivity contribution in [2.45, 2.75) is 26.3 Å². The number of rotatable bonds is 4. The topological polar surface area (TPSA) is 67.7 Å². The summed E-state index contributed by atoms with van der Waals surface area (Å²) in [7, 11) is 0. The van der Waals surface area contributed by atoms with E-state index in [-0.39, 0.29) is 11.9 Å². The molecule has 0 saturated carbocycles. The standard InChI is InChI=1S/C15H20N4O2/c1-3-21-12-5-4-8-19-13(10(2)17-14(12)19)15(20)18-11-6-7-16-9-11/h4-5,8,11,16H,3,6-7,9H2,1-2H3,(H,18,20)/t11-/m0/s1. The normalized spacial score (nSPS) is 18.1. The van der Waals surface area contributed by atoms with Gasteiger partial charge in [-0.2, -0.15) is 0 Å². The average molecular weight is 288 g/mol. The number of carbonyl (C=O) groups is 1. The second kappa shape index (κ2) is 5.73. The maximum absolute atomic E-state index is 12.5. The van der Waals surface area contributed by atoms with Gasteiger partial charge in [0.05, 0.1) is 12.3 Å². The smallest absolute Gasteiger partial charge is 0.270 e. The van der Waals surface area contributed by atoms with Crippen molar-refractivity contribution < 1.29 is 9.53 Å². The summed E-state index contributed by atoms with van der Waals surface area (Å²) in [4.78, 5) is 17.0. The first-order valence-electron chi connectivity index (χ1n) is 7.32. The van der Waals surface area contributed by atoms with Gasteiger partial charge in [-0.15, -0.1) is 0 Å². The Hall–Kier alpha value is -2.08. The highest BCUT2D eigenvalue weighted by molar-refractivity contribution is 5.95. The zero-order valence-electron chi connectivity index (χ0n) is 12.3. The minimum atomic E-state index is -0.0812. The lowest BCUT2D eigenvalue weighted by Gasteiger charge is -2.11. The van der Waals surface area contributed by atoms with Crippen LogP contribution in [0.15, 0.2) is 18.3 Å². The average Bonchev–Trinajstić information content (AvgIpc) is 3.06. The van der Waals surface area contributed by atoms with Gasteiger partial charge in [0.1, 0.15) is 5.69 Å². The quantitative estimate of drug-likeness (QED) is 0.885. The summed E-state index contributed by atoms with van der Waals surface area (Å²) in [5, 5.41) is 6.31. The van der Waals surface area contributed by atoms with E-state index in [0.29, 0.717) is 29.4 Å². The van der Waals surface area contributed by atoms with Crippen LogP contribution in [-0.4, -0.2) is 41.0 Å². The Morgan fingerprint density at radius 2 is 2.48 bits per heavy atom. The molecule has 0 unspecified atom stereocenters. The van der Waals surface area contributed by atoms with Gasteiger partial charge in [0.2, 0.25) is 0 Å². The van der Waals surface area contributed by atoms with Gasteiger partial charge in [-0.1, -0.05) is 0 Å². The number of fused-ring (bicyclic) bond motifs is 1. The van der Waals surface area contributed by atoms with Gasteiger partial charge in [-0.25, -0.2) is 4.98 Å². The molecule has 3 heterocycles. The molecule has 6 heteroatoms. The summed E-state index contributed by atoms with van der Waals surface area (Å²) in [6.45, 7) is 6.13. The third-order valence-corrected chi connectivity index (χ3v) is 3.70. The molecule has 2 aromatic rings. The predicted molar refractivity (Wildman–Crippen MR) is 79.8 cm³/mol. The summed E-state index contributed by atoms with van der Waals surface area (Å²) >= 11 is 0. The van der Waals surface area contributed by atoms with Crippen LogP contribution in [0.5, 0.6) is 5.75 Å². The van der Waals surface area contributed by atoms with Crippen LogP contribution in [0.4, 0.5) is 0 Å². The van der Waals surface area contributed by atoms with E-state index in [0.717, 1.165) is 19.5 Å². The van der Waals surface area contributed by atoms with E-state index in [4.69, 9.17) is 4.74 Å². The Morgan fingerprint density at radius 1 is 1.62 bits per heavy atom. The molecule has 1 amide bonds. The molecule has 112 valence electrons. The monoisotopic (exact) mass is 288 g/mol. The molecule has 0 radical (unpaired) electrons. The number of aromatic nitrogens is 2. The van der Waals surface area contributed by atoms with Crippen molar-refractivity contribution >= 4 is 11.6 Å². The molecule has 1 aliphatic rings. The highest BCUT2D eigenvalue weighted by Crippen LogP contribution is 2.22. The summed E-state index contributed by atoms with van der Waals surface area (Å²) in [6.07, 6.45) is 2.81. The highest BCUT2D eigenvalue weighted by atomic mass is 16.5. The molecule has 2 aromatic heterocycles. The van der Waals surface area contributed by atoms with Crippen molar-refractivity contribution in [3.63, 3.8) is 0 Å². The van der Waals surface area contributed by atoms with E-state index in [9.17, 15) is 4.79 Å². The number of imidazole rings is 1. The zero-order valence-corrected chi connectivity index (χ0v) is 12.3. The van der Waals surface area contributed by atoms with E-state index in [1.807, 2.05) is 32.2 Å². The zero-order chi connectivity index (χ0) is 14.8. The fourth-order valence-corrected chi connectivity index (χ4v) is 2.73. The first-order chi connectivity index (χ1) is 10.2. The molecule has 0 aliphatic carbocycles. The number of nitrogens with one attached hydrogen (secondary N) is 2. The number of aryl methyl sites for hydroxylation is 1. The molecule has 6 nitrogen and oxygen atoms in total. The minimum absolute atomic E-state index is 0.0812. The van der Waals surface area contributed by atoms with E-state index in [1.165, 1.54) is 0 Å². The largest absolute Gasteiger partial charge is 0.490 e. The van der Waals surface area contributed by atoms with Crippen LogP contribution in [0.3, 0.4) is 0 Å². The van der Waals surface area contributed by atoms with Gasteiger partial charge in [-0.05, 0) is 38.9 Å². The maximum Gasteiger partial charge on any atom is 0.270 e. The number of nitrogens with zero attached hydrogens (tertiary/aromatic N) is 2. The molecule has 2 N–H and O–H groups in total. The third kappa shape index (κ3) is 2.58. The molecule has 1 fully saturated rings. The van der Waals surface area contributed by atoms with Crippen molar-refractivity contribution in [3.05, 3.63) is 29.7 Å². The molecule has 0 bridgehead atoms. The van der Waals surface area contributed by atoms with Crippen LogP contribution in [0.25, 0.3) is 5.65 Å². The Morgan fingerprint density at radius 3 is 3.19 bits per heavy atom. The number of ether oxygens (including phenoxy) is 1. The van der Waals surface area contributed by atoms with Crippen LogP contribution in [0.2, 0.25) is 0 Å². The van der Waals surface area contributed by atoms with Gasteiger partial charge in [0, 0.05) is 18.8 Å². The van der Waals surface area contributed by atoms with Crippen LogP contribution < -0.4 is 15.4 Å². The van der Waals surface area contributed by atoms with E-state index in [1.54, 1.807) is 4.40 Å². The van der Waals surface area contributed by atoms with Crippen molar-refractivity contribution in [2.75, 3.05) is 19.7 Å². The van der Waals surface area contributed by atoms with Crippen molar-refractivity contribution in [3.8, 4) is 5.75 Å². The first kappa shape index (κ1) is 13.9. The Bertz CT molecular complexity index is 659. The van der Waals surface area contributed by atoms with Gasteiger partial charge in [-0.3, -0.25) is 9.20 Å². The number of carbonyl (C=O) groups excluding carboxylic acids is 1. The van der Waals surface area contributed by atoms with E-state index < -0.39 is 0 Å². The molecule has 1 atom stereocenters. The molecule has 1 aliphatic heterocycles.